The third-order valence-electron chi connectivity index (χ3n) is 4.08. The van der Waals surface area contributed by atoms with Gasteiger partial charge in [-0.15, -0.1) is 0 Å². The minimum absolute atomic E-state index is 0.0679. The molecule has 0 aliphatic rings. The summed E-state index contributed by atoms with van der Waals surface area (Å²) < 4.78 is 15.6. The molecule has 0 heterocycles. The summed E-state index contributed by atoms with van der Waals surface area (Å²) in [6, 6.07) is 13.6. The van der Waals surface area contributed by atoms with Gasteiger partial charge in [-0.25, -0.2) is 0 Å². The number of benzene rings is 2. The lowest BCUT2D eigenvalue weighted by Crippen LogP contribution is -2.32. The molecule has 30 heavy (non-hydrogen) atoms. The number of esters is 1. The van der Waals surface area contributed by atoms with Gasteiger partial charge >= 0.3 is 5.97 Å². The minimum atomic E-state index is -0.978. The topological polar surface area (TPSA) is 103 Å². The summed E-state index contributed by atoms with van der Waals surface area (Å²) in [5.74, 6) is -0.265. The van der Waals surface area contributed by atoms with E-state index in [0.29, 0.717) is 29.4 Å². The molecule has 0 spiro atoms. The minimum Gasteiger partial charge on any atom is -0.496 e. The zero-order valence-electron chi connectivity index (χ0n) is 17.3. The van der Waals surface area contributed by atoms with Crippen molar-refractivity contribution < 1.29 is 28.6 Å². The fraction of sp³-hybridized carbons (Fsp3) is 0.318. The molecule has 0 unspecified atom stereocenters. The number of rotatable bonds is 10. The van der Waals surface area contributed by atoms with Gasteiger partial charge in [0.2, 0.25) is 0 Å². The maximum absolute atomic E-state index is 12.2. The van der Waals surface area contributed by atoms with Gasteiger partial charge in [0.1, 0.15) is 11.5 Å². The van der Waals surface area contributed by atoms with Crippen LogP contribution in [0.5, 0.6) is 11.5 Å². The summed E-state index contributed by atoms with van der Waals surface area (Å²) in [6.07, 6.45) is -1.05. The van der Waals surface area contributed by atoms with Gasteiger partial charge < -0.3 is 24.8 Å². The average molecular weight is 414 g/mol. The van der Waals surface area contributed by atoms with E-state index in [0.717, 1.165) is 0 Å². The SMILES string of the molecule is CCOc1ccc(NC(=O)[C@@H](C)OC(=O)CCNC(=O)c2ccccc2OC)cc1. The lowest BCUT2D eigenvalue weighted by molar-refractivity contribution is -0.153. The maximum atomic E-state index is 12.2. The summed E-state index contributed by atoms with van der Waals surface area (Å²) in [5.41, 5.74) is 0.937. The van der Waals surface area contributed by atoms with Crippen LogP contribution in [0.2, 0.25) is 0 Å². The van der Waals surface area contributed by atoms with Crippen LogP contribution in [0.3, 0.4) is 0 Å². The fourth-order valence-electron chi connectivity index (χ4n) is 2.56. The molecule has 0 saturated heterocycles. The Morgan fingerprint density at radius 2 is 1.73 bits per heavy atom. The van der Waals surface area contributed by atoms with Crippen molar-refractivity contribution in [3.05, 3.63) is 54.1 Å². The van der Waals surface area contributed by atoms with Gasteiger partial charge in [0.25, 0.3) is 11.8 Å². The second-order valence-corrected chi connectivity index (χ2v) is 6.28. The summed E-state index contributed by atoms with van der Waals surface area (Å²) in [7, 11) is 1.48. The highest BCUT2D eigenvalue weighted by molar-refractivity contribution is 5.97. The van der Waals surface area contributed by atoms with Crippen LogP contribution < -0.4 is 20.1 Å². The average Bonchev–Trinajstić information content (AvgIpc) is 2.75. The molecule has 160 valence electrons. The van der Waals surface area contributed by atoms with E-state index in [4.69, 9.17) is 14.2 Å². The number of para-hydroxylation sites is 1. The normalized spacial score (nSPS) is 11.2. The zero-order valence-corrected chi connectivity index (χ0v) is 17.3. The van der Waals surface area contributed by atoms with Crippen LogP contribution in [0.25, 0.3) is 0 Å². The van der Waals surface area contributed by atoms with E-state index in [1.807, 2.05) is 6.92 Å². The molecule has 0 aliphatic carbocycles. The summed E-state index contributed by atoms with van der Waals surface area (Å²) in [4.78, 5) is 36.4. The first kappa shape index (κ1) is 22.7. The van der Waals surface area contributed by atoms with Crippen molar-refractivity contribution in [3.63, 3.8) is 0 Å². The fourth-order valence-corrected chi connectivity index (χ4v) is 2.56. The van der Waals surface area contributed by atoms with Crippen LogP contribution in [0.15, 0.2) is 48.5 Å². The summed E-state index contributed by atoms with van der Waals surface area (Å²) in [6.45, 7) is 3.99. The number of ether oxygens (including phenoxy) is 3. The molecule has 1 atom stereocenters. The molecule has 8 heteroatoms. The molecule has 0 fully saturated rings. The van der Waals surface area contributed by atoms with E-state index in [-0.39, 0.29) is 18.9 Å². The van der Waals surface area contributed by atoms with Crippen molar-refractivity contribution in [2.45, 2.75) is 26.4 Å². The van der Waals surface area contributed by atoms with Gasteiger partial charge in [-0.2, -0.15) is 0 Å². The third kappa shape index (κ3) is 6.80. The highest BCUT2D eigenvalue weighted by Gasteiger charge is 2.18. The van der Waals surface area contributed by atoms with E-state index in [9.17, 15) is 14.4 Å². The van der Waals surface area contributed by atoms with Crippen LogP contribution in [0.1, 0.15) is 30.6 Å². The molecule has 0 aliphatic heterocycles. The first-order valence-corrected chi connectivity index (χ1v) is 9.59. The first-order valence-electron chi connectivity index (χ1n) is 9.59. The van der Waals surface area contributed by atoms with Crippen molar-refractivity contribution >= 4 is 23.5 Å². The van der Waals surface area contributed by atoms with Crippen molar-refractivity contribution in [1.82, 2.24) is 5.32 Å². The molecule has 8 nitrogen and oxygen atoms in total. The number of hydrogen-bond acceptors (Lipinski definition) is 6. The van der Waals surface area contributed by atoms with Crippen LogP contribution in [0, 0.1) is 0 Å². The number of amides is 2. The second kappa shape index (κ2) is 11.5. The highest BCUT2D eigenvalue weighted by atomic mass is 16.5. The molecule has 2 N–H and O–H groups in total. The van der Waals surface area contributed by atoms with Gasteiger partial charge in [0.05, 0.1) is 25.7 Å². The maximum Gasteiger partial charge on any atom is 0.308 e. The van der Waals surface area contributed by atoms with E-state index < -0.39 is 18.0 Å². The molecule has 0 aromatic heterocycles. The van der Waals surface area contributed by atoms with Crippen LogP contribution >= 0.6 is 0 Å². The monoisotopic (exact) mass is 414 g/mol. The number of carbonyl (C=O) groups is 3. The Labute approximate surface area is 175 Å². The van der Waals surface area contributed by atoms with Gasteiger partial charge in [0.15, 0.2) is 6.10 Å². The Bertz CT molecular complexity index is 866. The molecule has 2 aromatic carbocycles. The summed E-state index contributed by atoms with van der Waals surface area (Å²) in [5, 5.41) is 5.30. The molecule has 0 saturated carbocycles. The highest BCUT2D eigenvalue weighted by Crippen LogP contribution is 2.17. The number of anilines is 1. The zero-order chi connectivity index (χ0) is 21.9. The van der Waals surface area contributed by atoms with E-state index in [1.165, 1.54) is 14.0 Å². The molecular weight excluding hydrogens is 388 g/mol. The van der Waals surface area contributed by atoms with Gasteiger partial charge in [-0.1, -0.05) is 12.1 Å². The Kier molecular flexibility index (Phi) is 8.68. The number of carbonyl (C=O) groups excluding carboxylic acids is 3. The molecule has 2 rings (SSSR count). The van der Waals surface area contributed by atoms with Crippen molar-refractivity contribution in [2.24, 2.45) is 0 Å². The van der Waals surface area contributed by atoms with Crippen molar-refractivity contribution in [3.8, 4) is 11.5 Å². The quantitative estimate of drug-likeness (QED) is 0.580. The van der Waals surface area contributed by atoms with Gasteiger partial charge in [-0.05, 0) is 50.2 Å². The predicted octanol–water partition coefficient (Wildman–Crippen LogP) is 2.78. The lowest BCUT2D eigenvalue weighted by atomic mass is 10.2. The first-order chi connectivity index (χ1) is 14.4. The molecule has 2 amide bonds. The lowest BCUT2D eigenvalue weighted by Gasteiger charge is -2.14. The smallest absolute Gasteiger partial charge is 0.308 e. The van der Waals surface area contributed by atoms with Crippen LogP contribution in [-0.4, -0.2) is 44.1 Å². The Morgan fingerprint density at radius 1 is 1.03 bits per heavy atom. The van der Waals surface area contributed by atoms with Gasteiger partial charge in [-0.3, -0.25) is 14.4 Å². The Morgan fingerprint density at radius 3 is 2.40 bits per heavy atom. The van der Waals surface area contributed by atoms with Crippen molar-refractivity contribution in [2.75, 3.05) is 25.6 Å². The van der Waals surface area contributed by atoms with E-state index in [2.05, 4.69) is 10.6 Å². The summed E-state index contributed by atoms with van der Waals surface area (Å²) >= 11 is 0. The number of hydrogen-bond donors (Lipinski definition) is 2. The Hall–Kier alpha value is -3.55. The van der Waals surface area contributed by atoms with E-state index >= 15 is 0 Å². The van der Waals surface area contributed by atoms with Crippen LogP contribution in [-0.2, 0) is 14.3 Å². The van der Waals surface area contributed by atoms with E-state index in [1.54, 1.807) is 48.5 Å². The molecular formula is C22H26N2O6. The second-order valence-electron chi connectivity index (χ2n) is 6.28. The van der Waals surface area contributed by atoms with Crippen LogP contribution in [0.4, 0.5) is 5.69 Å². The Balaban J connectivity index is 1.75. The predicted molar refractivity (Wildman–Crippen MR) is 112 cm³/mol. The van der Waals surface area contributed by atoms with Gasteiger partial charge in [0, 0.05) is 12.2 Å². The molecule has 0 radical (unpaired) electrons. The molecule has 0 bridgehead atoms. The number of nitrogens with one attached hydrogen (secondary N) is 2. The third-order valence-corrected chi connectivity index (χ3v) is 4.08. The molecule has 2 aromatic rings. The standard InChI is InChI=1S/C22H26N2O6/c1-4-29-17-11-9-16(10-12-17)24-21(26)15(2)30-20(25)13-14-23-22(27)18-7-5-6-8-19(18)28-3/h5-12,15H,4,13-14H2,1-3H3,(H,23,27)(H,24,26)/t15-/m1/s1. The van der Waals surface area contributed by atoms with Crippen molar-refractivity contribution in [1.29, 1.82) is 0 Å². The number of methoxy groups -OCH3 is 1. The largest absolute Gasteiger partial charge is 0.496 e.